The van der Waals surface area contributed by atoms with E-state index in [0.717, 1.165) is 33.8 Å². The molecule has 0 atom stereocenters. The van der Waals surface area contributed by atoms with Gasteiger partial charge in [0.05, 0.1) is 22.4 Å². The van der Waals surface area contributed by atoms with Crippen LogP contribution in [0.3, 0.4) is 0 Å². The van der Waals surface area contributed by atoms with E-state index in [9.17, 15) is 0 Å². The van der Waals surface area contributed by atoms with Crippen LogP contribution in [0.5, 0.6) is 0 Å². The number of nitrogens with zero attached hydrogens (tertiary/aromatic N) is 3. The van der Waals surface area contributed by atoms with Gasteiger partial charge in [-0.25, -0.2) is 9.97 Å². The first kappa shape index (κ1) is 31.2. The number of hydrogen-bond acceptors (Lipinski definition) is 2. The monoisotopic (exact) mass is 699 g/mol. The van der Waals surface area contributed by atoms with Crippen molar-refractivity contribution in [3.8, 4) is 50.7 Å². The maximum absolute atomic E-state index is 5.26. The van der Waals surface area contributed by atoms with Crippen LogP contribution in [0, 0.1) is 0 Å². The van der Waals surface area contributed by atoms with E-state index in [0.29, 0.717) is 5.82 Å². The van der Waals surface area contributed by atoms with Gasteiger partial charge in [0.2, 0.25) is 0 Å². The average Bonchev–Trinajstić information content (AvgIpc) is 3.60. The lowest BCUT2D eigenvalue weighted by molar-refractivity contribution is 1.16. The van der Waals surface area contributed by atoms with Gasteiger partial charge in [0.25, 0.3) is 0 Å². The number of rotatable bonds is 5. The zero-order valence-corrected chi connectivity index (χ0v) is 29.9. The van der Waals surface area contributed by atoms with Gasteiger partial charge < -0.3 is 4.57 Å². The van der Waals surface area contributed by atoms with Crippen molar-refractivity contribution in [1.29, 1.82) is 0 Å². The maximum Gasteiger partial charge on any atom is 0.160 e. The molecule has 0 saturated heterocycles. The summed E-state index contributed by atoms with van der Waals surface area (Å²) in [5.74, 6) is 0.693. The fourth-order valence-corrected chi connectivity index (χ4v) is 8.40. The molecule has 11 rings (SSSR count). The maximum atomic E-state index is 5.26. The van der Waals surface area contributed by atoms with Gasteiger partial charge >= 0.3 is 0 Å². The largest absolute Gasteiger partial charge is 0.309 e. The van der Waals surface area contributed by atoms with Gasteiger partial charge in [0.1, 0.15) is 0 Å². The third kappa shape index (κ3) is 5.20. The number of fused-ring (bicyclic) bond motifs is 7. The quantitative estimate of drug-likeness (QED) is 0.132. The number of hydrogen-bond donors (Lipinski definition) is 0. The fraction of sp³-hybridized carbons (Fsp3) is 0. The number of para-hydroxylation sites is 2. The minimum absolute atomic E-state index is 0.693. The number of benzene rings is 9. The SMILES string of the molecule is c1ccc(-c2cc(-c3cccc(-n4c5ccccc5c5ccccc54)c3)nc(-c3ccc(-c4c5ccccc5cc5c4ccc4ccccc45)cc3)n2)cc1. The van der Waals surface area contributed by atoms with Crippen LogP contribution in [-0.2, 0) is 0 Å². The summed E-state index contributed by atoms with van der Waals surface area (Å²) >= 11 is 0. The predicted molar refractivity (Wildman–Crippen MR) is 231 cm³/mol. The standard InChI is InChI=1S/C52H33N3/c1-2-14-35(15-3-1)47-33-48(39-17-12-18-40(31-39)55-49-23-10-8-21-43(49)44-22-9-11-24-50(44)55)54-52(53-47)37-27-25-36(26-28-37)51-42-20-7-5-16-38(42)32-46-41-19-6-4-13-34(41)29-30-45(46)51/h1-33H. The second-order valence-electron chi connectivity index (χ2n) is 14.2. The second kappa shape index (κ2) is 12.6. The topological polar surface area (TPSA) is 30.7 Å². The summed E-state index contributed by atoms with van der Waals surface area (Å²) in [6.45, 7) is 0. The number of aromatic nitrogens is 3. The first-order valence-electron chi connectivity index (χ1n) is 18.7. The molecule has 55 heavy (non-hydrogen) atoms. The van der Waals surface area contributed by atoms with Gasteiger partial charge in [-0.2, -0.15) is 0 Å². The first-order valence-corrected chi connectivity index (χ1v) is 18.7. The van der Waals surface area contributed by atoms with Gasteiger partial charge in [0.15, 0.2) is 5.82 Å². The minimum atomic E-state index is 0.693. The minimum Gasteiger partial charge on any atom is -0.309 e. The molecule has 2 heterocycles. The lowest BCUT2D eigenvalue weighted by Crippen LogP contribution is -1.98. The highest BCUT2D eigenvalue weighted by atomic mass is 15.0. The van der Waals surface area contributed by atoms with Crippen LogP contribution in [0.25, 0.3) is 105 Å². The third-order valence-electron chi connectivity index (χ3n) is 11.0. The van der Waals surface area contributed by atoms with Crippen molar-refractivity contribution in [3.63, 3.8) is 0 Å². The van der Waals surface area contributed by atoms with Crippen molar-refractivity contribution in [2.45, 2.75) is 0 Å². The molecule has 256 valence electrons. The van der Waals surface area contributed by atoms with Crippen LogP contribution in [0.1, 0.15) is 0 Å². The Morgan fingerprint density at radius 2 is 0.891 bits per heavy atom. The van der Waals surface area contributed by atoms with E-state index in [2.05, 4.69) is 199 Å². The summed E-state index contributed by atoms with van der Waals surface area (Å²) in [7, 11) is 0. The van der Waals surface area contributed by atoms with Crippen molar-refractivity contribution < 1.29 is 0 Å². The van der Waals surface area contributed by atoms with Crippen LogP contribution >= 0.6 is 0 Å². The molecule has 3 nitrogen and oxygen atoms in total. The highest BCUT2D eigenvalue weighted by Gasteiger charge is 2.16. The molecule has 0 fully saturated rings. The summed E-state index contributed by atoms with van der Waals surface area (Å²) in [4.78, 5) is 10.4. The lowest BCUT2D eigenvalue weighted by atomic mass is 9.89. The molecule has 0 aliphatic heterocycles. The van der Waals surface area contributed by atoms with Gasteiger partial charge in [0, 0.05) is 33.2 Å². The zero-order chi connectivity index (χ0) is 36.3. The Morgan fingerprint density at radius 3 is 1.64 bits per heavy atom. The molecule has 0 unspecified atom stereocenters. The first-order chi connectivity index (χ1) is 27.3. The normalized spacial score (nSPS) is 11.6. The van der Waals surface area contributed by atoms with E-state index in [1.165, 1.54) is 65.3 Å². The van der Waals surface area contributed by atoms with E-state index in [4.69, 9.17) is 9.97 Å². The lowest BCUT2D eigenvalue weighted by Gasteiger charge is -2.15. The fourth-order valence-electron chi connectivity index (χ4n) is 8.40. The Morgan fingerprint density at radius 1 is 0.309 bits per heavy atom. The van der Waals surface area contributed by atoms with Crippen LogP contribution in [-0.4, -0.2) is 14.5 Å². The Balaban J connectivity index is 1.06. The van der Waals surface area contributed by atoms with Crippen molar-refractivity contribution >= 4 is 54.1 Å². The molecule has 0 spiro atoms. The molecule has 0 radical (unpaired) electrons. The van der Waals surface area contributed by atoms with Gasteiger partial charge in [-0.3, -0.25) is 0 Å². The Kier molecular flexibility index (Phi) is 7.17. The van der Waals surface area contributed by atoms with E-state index >= 15 is 0 Å². The van der Waals surface area contributed by atoms with Crippen molar-refractivity contribution in [2.75, 3.05) is 0 Å². The molecular weight excluding hydrogens is 667 g/mol. The molecule has 0 aliphatic carbocycles. The Hall–Kier alpha value is -7.36. The third-order valence-corrected chi connectivity index (χ3v) is 11.0. The van der Waals surface area contributed by atoms with Crippen molar-refractivity contribution in [2.24, 2.45) is 0 Å². The second-order valence-corrected chi connectivity index (χ2v) is 14.2. The molecule has 11 aromatic rings. The Bertz CT molecular complexity index is 3200. The van der Waals surface area contributed by atoms with Gasteiger partial charge in [-0.15, -0.1) is 0 Å². The highest BCUT2D eigenvalue weighted by molar-refractivity contribution is 6.20. The van der Waals surface area contributed by atoms with E-state index < -0.39 is 0 Å². The van der Waals surface area contributed by atoms with E-state index in [1.807, 2.05) is 6.07 Å². The average molecular weight is 700 g/mol. The summed E-state index contributed by atoms with van der Waals surface area (Å²) in [5, 5.41) is 9.99. The molecule has 0 N–H and O–H groups in total. The van der Waals surface area contributed by atoms with Gasteiger partial charge in [-0.1, -0.05) is 164 Å². The van der Waals surface area contributed by atoms with Crippen molar-refractivity contribution in [3.05, 3.63) is 200 Å². The molecule has 0 saturated carbocycles. The van der Waals surface area contributed by atoms with E-state index in [1.54, 1.807) is 0 Å². The molecule has 0 amide bonds. The van der Waals surface area contributed by atoms with Crippen LogP contribution < -0.4 is 0 Å². The summed E-state index contributed by atoms with van der Waals surface area (Å²) < 4.78 is 2.35. The molecular formula is C52H33N3. The Labute approximate surface area is 318 Å². The highest BCUT2D eigenvalue weighted by Crippen LogP contribution is 2.40. The summed E-state index contributed by atoms with van der Waals surface area (Å²) in [6.07, 6.45) is 0. The zero-order valence-electron chi connectivity index (χ0n) is 29.9. The molecule has 3 heteroatoms. The van der Waals surface area contributed by atoms with Crippen LogP contribution in [0.15, 0.2) is 200 Å². The van der Waals surface area contributed by atoms with E-state index in [-0.39, 0.29) is 0 Å². The van der Waals surface area contributed by atoms with Crippen LogP contribution in [0.2, 0.25) is 0 Å². The smallest absolute Gasteiger partial charge is 0.160 e. The predicted octanol–water partition coefficient (Wildman–Crippen LogP) is 13.7. The summed E-state index contributed by atoms with van der Waals surface area (Å²) in [5.41, 5.74) is 10.7. The van der Waals surface area contributed by atoms with Crippen LogP contribution in [0.4, 0.5) is 0 Å². The molecule has 9 aromatic carbocycles. The molecule has 0 bridgehead atoms. The molecule has 2 aromatic heterocycles. The van der Waals surface area contributed by atoms with Gasteiger partial charge in [-0.05, 0) is 79.8 Å². The summed E-state index contributed by atoms with van der Waals surface area (Å²) in [6, 6.07) is 71.5. The molecule has 0 aliphatic rings. The van der Waals surface area contributed by atoms with Crippen molar-refractivity contribution in [1.82, 2.24) is 14.5 Å².